The lowest BCUT2D eigenvalue weighted by Crippen LogP contribution is -2.41. The maximum Gasteiger partial charge on any atom is 0.407 e. The van der Waals surface area contributed by atoms with Crippen LogP contribution in [0.4, 0.5) is 4.79 Å². The average molecular weight is 335 g/mol. The summed E-state index contributed by atoms with van der Waals surface area (Å²) in [5, 5.41) is 2.84. The summed E-state index contributed by atoms with van der Waals surface area (Å²) in [6.07, 6.45) is 5.00. The van der Waals surface area contributed by atoms with Crippen LogP contribution < -0.4 is 5.32 Å². The van der Waals surface area contributed by atoms with Crippen LogP contribution in [-0.2, 0) is 9.47 Å². The van der Waals surface area contributed by atoms with Gasteiger partial charge in [-0.2, -0.15) is 0 Å². The van der Waals surface area contributed by atoms with Gasteiger partial charge in [-0.15, -0.1) is 11.8 Å². The molecule has 1 fully saturated rings. The van der Waals surface area contributed by atoms with Crippen molar-refractivity contribution in [1.82, 2.24) is 5.32 Å². The highest BCUT2D eigenvalue weighted by Gasteiger charge is 2.49. The van der Waals surface area contributed by atoms with Gasteiger partial charge >= 0.3 is 6.09 Å². The van der Waals surface area contributed by atoms with Crippen LogP contribution in [0.3, 0.4) is 0 Å². The highest BCUT2D eigenvalue weighted by molar-refractivity contribution is 5.67. The van der Waals surface area contributed by atoms with E-state index in [-0.39, 0.29) is 11.7 Å². The zero-order valence-electron chi connectivity index (χ0n) is 15.7. The highest BCUT2D eigenvalue weighted by atomic mass is 16.5. The molecule has 0 aromatic heterocycles. The van der Waals surface area contributed by atoms with Crippen LogP contribution in [0.5, 0.6) is 0 Å². The molecule has 0 spiro atoms. The summed E-state index contributed by atoms with van der Waals surface area (Å²) in [4.78, 5) is 11.9. The van der Waals surface area contributed by atoms with Crippen LogP contribution in [0.15, 0.2) is 0 Å². The van der Waals surface area contributed by atoms with Crippen LogP contribution >= 0.6 is 0 Å². The maximum absolute atomic E-state index is 11.9. The van der Waals surface area contributed by atoms with Crippen molar-refractivity contribution in [3.8, 4) is 11.8 Å². The van der Waals surface area contributed by atoms with E-state index in [1.54, 1.807) is 0 Å². The van der Waals surface area contributed by atoms with Crippen molar-refractivity contribution in [3.63, 3.8) is 0 Å². The molecule has 1 N–H and O–H groups in total. The van der Waals surface area contributed by atoms with Crippen molar-refractivity contribution in [2.45, 2.75) is 65.4 Å². The van der Waals surface area contributed by atoms with E-state index in [0.717, 1.165) is 38.7 Å². The average Bonchev–Trinajstić information content (AvgIpc) is 3.12. The number of alkyl carbamates (subject to hydrolysis) is 1. The Morgan fingerprint density at radius 3 is 2.42 bits per heavy atom. The van der Waals surface area contributed by atoms with E-state index in [9.17, 15) is 4.79 Å². The van der Waals surface area contributed by atoms with Crippen molar-refractivity contribution in [1.29, 1.82) is 0 Å². The van der Waals surface area contributed by atoms with Crippen molar-refractivity contribution in [2.75, 3.05) is 19.8 Å². The number of amides is 1. The van der Waals surface area contributed by atoms with E-state index in [1.165, 1.54) is 0 Å². The first kappa shape index (κ1) is 19.1. The molecular formula is C20H33NO3. The van der Waals surface area contributed by atoms with E-state index in [1.807, 2.05) is 13.8 Å². The van der Waals surface area contributed by atoms with E-state index >= 15 is 0 Å². The van der Waals surface area contributed by atoms with Gasteiger partial charge in [-0.1, -0.05) is 13.8 Å². The van der Waals surface area contributed by atoms with Gasteiger partial charge in [-0.25, -0.2) is 4.79 Å². The minimum Gasteiger partial charge on any atom is -0.449 e. The molecule has 4 heteroatoms. The van der Waals surface area contributed by atoms with Crippen molar-refractivity contribution >= 4 is 6.09 Å². The minimum atomic E-state index is -0.366. The largest absolute Gasteiger partial charge is 0.449 e. The third kappa shape index (κ3) is 6.36. The van der Waals surface area contributed by atoms with Gasteiger partial charge in [0.2, 0.25) is 0 Å². The molecule has 2 aliphatic carbocycles. The topological polar surface area (TPSA) is 47.6 Å². The normalized spacial score (nSPS) is 25.8. The number of carbonyl (C=O) groups excluding carboxylic acids is 1. The Morgan fingerprint density at radius 1 is 1.21 bits per heavy atom. The number of hydrogen-bond donors (Lipinski definition) is 1. The molecule has 0 aromatic rings. The molecule has 2 rings (SSSR count). The smallest absolute Gasteiger partial charge is 0.407 e. The summed E-state index contributed by atoms with van der Waals surface area (Å²) in [5.41, 5.74) is -0.366. The zero-order valence-corrected chi connectivity index (χ0v) is 15.7. The fourth-order valence-electron chi connectivity index (χ4n) is 3.41. The maximum atomic E-state index is 11.9. The lowest BCUT2D eigenvalue weighted by Gasteiger charge is -2.26. The summed E-state index contributed by atoms with van der Waals surface area (Å²) < 4.78 is 11.3. The highest BCUT2D eigenvalue weighted by Crippen LogP contribution is 2.52. The Hall–Kier alpha value is -1.21. The fraction of sp³-hybridized carbons (Fsp3) is 0.850. The number of carbonyl (C=O) groups is 1. The minimum absolute atomic E-state index is 0.328. The molecule has 0 radical (unpaired) electrons. The first-order valence-electron chi connectivity index (χ1n) is 9.39. The van der Waals surface area contributed by atoms with Crippen LogP contribution in [0.1, 0.15) is 59.8 Å². The van der Waals surface area contributed by atoms with Gasteiger partial charge < -0.3 is 14.8 Å². The molecule has 1 unspecified atom stereocenters. The SMILES string of the molecule is CC(C)CCOC(C)(C)CNC(=O)OC[C@@H]1C2CCC#CCC[C@@H]21. The van der Waals surface area contributed by atoms with E-state index in [0.29, 0.717) is 36.8 Å². The molecule has 0 aliphatic heterocycles. The molecular weight excluding hydrogens is 302 g/mol. The summed E-state index contributed by atoms with van der Waals surface area (Å²) in [6, 6.07) is 0. The Bertz CT molecular complexity index is 457. The van der Waals surface area contributed by atoms with E-state index in [2.05, 4.69) is 31.0 Å². The molecule has 1 amide bonds. The summed E-state index contributed by atoms with van der Waals surface area (Å²) >= 11 is 0. The van der Waals surface area contributed by atoms with Crippen molar-refractivity contribution in [2.24, 2.45) is 23.7 Å². The number of fused-ring (bicyclic) bond motifs is 1. The van der Waals surface area contributed by atoms with Gasteiger partial charge in [0.1, 0.15) is 0 Å². The lowest BCUT2D eigenvalue weighted by molar-refractivity contribution is -0.0208. The first-order valence-corrected chi connectivity index (χ1v) is 9.39. The van der Waals surface area contributed by atoms with Gasteiger partial charge in [0.05, 0.1) is 12.2 Å². The molecule has 1 saturated carbocycles. The van der Waals surface area contributed by atoms with Crippen molar-refractivity contribution in [3.05, 3.63) is 0 Å². The lowest BCUT2D eigenvalue weighted by atomic mass is 10.1. The van der Waals surface area contributed by atoms with Gasteiger partial charge in [0.25, 0.3) is 0 Å². The molecule has 4 nitrogen and oxygen atoms in total. The van der Waals surface area contributed by atoms with Gasteiger partial charge in [-0.05, 0) is 56.8 Å². The van der Waals surface area contributed by atoms with Gasteiger partial charge in [-0.3, -0.25) is 0 Å². The molecule has 0 bridgehead atoms. The van der Waals surface area contributed by atoms with E-state index in [4.69, 9.17) is 9.47 Å². The fourth-order valence-corrected chi connectivity index (χ4v) is 3.41. The predicted molar refractivity (Wildman–Crippen MR) is 95.6 cm³/mol. The Balaban J connectivity index is 1.60. The predicted octanol–water partition coefficient (Wildman–Crippen LogP) is 3.99. The second-order valence-electron chi connectivity index (χ2n) is 8.17. The molecule has 0 heterocycles. The van der Waals surface area contributed by atoms with E-state index < -0.39 is 0 Å². The number of nitrogens with one attached hydrogen (secondary N) is 1. The van der Waals surface area contributed by atoms with Crippen LogP contribution in [0.2, 0.25) is 0 Å². The van der Waals surface area contributed by atoms with Crippen LogP contribution in [0, 0.1) is 35.5 Å². The standard InChI is InChI=1S/C20H33NO3/c1-15(2)11-12-24-20(3,4)14-21-19(22)23-13-18-16-9-7-5-6-8-10-17(16)18/h15-18H,7-14H2,1-4H3,(H,21,22)/t16-,17?,18-/m0/s1. The molecule has 0 aromatic carbocycles. The van der Waals surface area contributed by atoms with Gasteiger partial charge in [0.15, 0.2) is 0 Å². The molecule has 0 saturated heterocycles. The van der Waals surface area contributed by atoms with Crippen LogP contribution in [-0.4, -0.2) is 31.5 Å². The monoisotopic (exact) mass is 335 g/mol. The first-order chi connectivity index (χ1) is 11.4. The molecule has 136 valence electrons. The molecule has 2 aliphatic rings. The quantitative estimate of drug-likeness (QED) is 0.682. The zero-order chi connectivity index (χ0) is 17.6. The number of hydrogen-bond acceptors (Lipinski definition) is 3. The summed E-state index contributed by atoms with van der Waals surface area (Å²) in [5.74, 6) is 8.99. The molecule has 3 atom stereocenters. The second-order valence-corrected chi connectivity index (χ2v) is 8.17. The Kier molecular flexibility index (Phi) is 6.98. The summed E-state index contributed by atoms with van der Waals surface area (Å²) in [6.45, 7) is 10.1. The Morgan fingerprint density at radius 2 is 1.83 bits per heavy atom. The Labute approximate surface area is 147 Å². The van der Waals surface area contributed by atoms with Crippen molar-refractivity contribution < 1.29 is 14.3 Å². The van der Waals surface area contributed by atoms with Gasteiger partial charge in [0, 0.05) is 26.0 Å². The van der Waals surface area contributed by atoms with Crippen LogP contribution in [0.25, 0.3) is 0 Å². The number of ether oxygens (including phenoxy) is 2. The molecule has 24 heavy (non-hydrogen) atoms. The second kappa shape index (κ2) is 8.76. The third-order valence-corrected chi connectivity index (χ3v) is 5.09. The third-order valence-electron chi connectivity index (χ3n) is 5.09. The number of rotatable bonds is 8. The summed E-state index contributed by atoms with van der Waals surface area (Å²) in [7, 11) is 0.